The largest absolute Gasteiger partial charge is 0.333 e. The Morgan fingerprint density at radius 1 is 1.20 bits per heavy atom. The number of urea groups is 1. The molecule has 0 unspecified atom stereocenters. The number of nitrogens with one attached hydrogen (secondary N) is 2. The summed E-state index contributed by atoms with van der Waals surface area (Å²) in [6.45, 7) is 14.5. The van der Waals surface area contributed by atoms with Crippen molar-refractivity contribution in [3.8, 4) is 0 Å². The normalized spacial score (nSPS) is 12.0. The minimum atomic E-state index is -0.344. The first kappa shape index (κ1) is 21.0. The van der Waals surface area contributed by atoms with Crippen molar-refractivity contribution in [2.45, 2.75) is 65.8 Å². The molecule has 7 nitrogen and oxygen atoms in total. The first-order valence-electron chi connectivity index (χ1n) is 8.75. The zero-order valence-corrected chi connectivity index (χ0v) is 16.9. The zero-order valence-electron chi connectivity index (χ0n) is 16.9. The molecule has 0 fully saturated rings. The molecule has 142 valence electrons. The van der Waals surface area contributed by atoms with Gasteiger partial charge in [-0.25, -0.2) is 4.79 Å². The van der Waals surface area contributed by atoms with Gasteiger partial charge >= 0.3 is 6.03 Å². The molecule has 0 aromatic carbocycles. The maximum absolute atomic E-state index is 12.4. The summed E-state index contributed by atoms with van der Waals surface area (Å²) in [6.07, 6.45) is 0.782. The van der Waals surface area contributed by atoms with Gasteiger partial charge in [-0.2, -0.15) is 5.10 Å². The first-order valence-corrected chi connectivity index (χ1v) is 8.75. The van der Waals surface area contributed by atoms with Gasteiger partial charge < -0.3 is 15.5 Å². The van der Waals surface area contributed by atoms with E-state index < -0.39 is 0 Å². The smallest absolute Gasteiger partial charge is 0.318 e. The average Bonchev–Trinajstić information content (AvgIpc) is 2.77. The minimum absolute atomic E-state index is 0.00574. The SMILES string of the molecule is CCCN(CC(=O)Nc1cc(C(C)(C)C)nn1C)C(=O)NC(C)(C)C. The Kier molecular flexibility index (Phi) is 6.62. The molecule has 1 aromatic rings. The number of hydrogen-bond donors (Lipinski definition) is 2. The van der Waals surface area contributed by atoms with Crippen molar-refractivity contribution in [1.82, 2.24) is 20.0 Å². The number of carbonyl (C=O) groups excluding carboxylic acids is 2. The number of carbonyl (C=O) groups is 2. The van der Waals surface area contributed by atoms with Gasteiger partial charge in [0.1, 0.15) is 12.4 Å². The summed E-state index contributed by atoms with van der Waals surface area (Å²) < 4.78 is 1.65. The first-order chi connectivity index (χ1) is 11.3. The molecule has 3 amide bonds. The molecule has 25 heavy (non-hydrogen) atoms. The van der Waals surface area contributed by atoms with Crippen LogP contribution in [0.5, 0.6) is 0 Å². The number of aryl methyl sites for hydroxylation is 1. The monoisotopic (exact) mass is 351 g/mol. The molecule has 2 N–H and O–H groups in total. The fraction of sp³-hybridized carbons (Fsp3) is 0.722. The molecule has 1 rings (SSSR count). The van der Waals surface area contributed by atoms with Crippen molar-refractivity contribution in [2.75, 3.05) is 18.4 Å². The van der Waals surface area contributed by atoms with Crippen molar-refractivity contribution in [3.63, 3.8) is 0 Å². The number of anilines is 1. The fourth-order valence-electron chi connectivity index (χ4n) is 2.23. The molecule has 0 saturated heterocycles. The van der Waals surface area contributed by atoms with Crippen LogP contribution in [-0.2, 0) is 17.3 Å². The lowest BCUT2D eigenvalue weighted by molar-refractivity contribution is -0.116. The van der Waals surface area contributed by atoms with Gasteiger partial charge in [0.2, 0.25) is 5.91 Å². The van der Waals surface area contributed by atoms with Crippen molar-refractivity contribution >= 4 is 17.8 Å². The predicted octanol–water partition coefficient (Wildman–Crippen LogP) is 2.88. The van der Waals surface area contributed by atoms with E-state index in [9.17, 15) is 9.59 Å². The average molecular weight is 351 g/mol. The Bertz CT molecular complexity index is 608. The van der Waals surface area contributed by atoms with Gasteiger partial charge in [0.05, 0.1) is 5.69 Å². The van der Waals surface area contributed by atoms with Gasteiger partial charge in [-0.05, 0) is 27.2 Å². The molecular formula is C18H33N5O2. The third kappa shape index (κ3) is 6.76. The molecular weight excluding hydrogens is 318 g/mol. The Morgan fingerprint density at radius 2 is 1.80 bits per heavy atom. The number of amides is 3. The van der Waals surface area contributed by atoms with Crippen LogP contribution in [-0.4, -0.2) is 45.2 Å². The van der Waals surface area contributed by atoms with Gasteiger partial charge in [-0.15, -0.1) is 0 Å². The molecule has 1 aromatic heterocycles. The van der Waals surface area contributed by atoms with Gasteiger partial charge in [0.25, 0.3) is 0 Å². The van der Waals surface area contributed by atoms with Gasteiger partial charge in [0, 0.05) is 30.6 Å². The third-order valence-corrected chi connectivity index (χ3v) is 3.51. The van der Waals surface area contributed by atoms with E-state index in [1.807, 2.05) is 33.8 Å². The van der Waals surface area contributed by atoms with Crippen LogP contribution in [0.1, 0.15) is 60.6 Å². The van der Waals surface area contributed by atoms with Crippen LogP contribution >= 0.6 is 0 Å². The van der Waals surface area contributed by atoms with Crippen molar-refractivity contribution in [1.29, 1.82) is 0 Å². The molecule has 7 heteroatoms. The van der Waals surface area contributed by atoms with Crippen LogP contribution in [0.2, 0.25) is 0 Å². The van der Waals surface area contributed by atoms with E-state index in [2.05, 4.69) is 36.5 Å². The molecule has 0 radical (unpaired) electrons. The van der Waals surface area contributed by atoms with Crippen LogP contribution < -0.4 is 10.6 Å². The molecule has 0 atom stereocenters. The third-order valence-electron chi connectivity index (χ3n) is 3.51. The van der Waals surface area contributed by atoms with Crippen LogP contribution in [0.3, 0.4) is 0 Å². The lowest BCUT2D eigenvalue weighted by Crippen LogP contribution is -2.50. The summed E-state index contributed by atoms with van der Waals surface area (Å²) in [4.78, 5) is 26.3. The lowest BCUT2D eigenvalue weighted by atomic mass is 9.92. The van der Waals surface area contributed by atoms with Crippen LogP contribution in [0.25, 0.3) is 0 Å². The van der Waals surface area contributed by atoms with Gasteiger partial charge in [-0.1, -0.05) is 27.7 Å². The molecule has 0 aliphatic rings. The summed E-state index contributed by atoms with van der Waals surface area (Å²) in [5.41, 5.74) is 0.464. The summed E-state index contributed by atoms with van der Waals surface area (Å²) in [7, 11) is 1.79. The van der Waals surface area contributed by atoms with E-state index in [-0.39, 0.29) is 29.4 Å². The number of aromatic nitrogens is 2. The van der Waals surface area contributed by atoms with E-state index in [4.69, 9.17) is 0 Å². The second-order valence-corrected chi connectivity index (χ2v) is 8.44. The topological polar surface area (TPSA) is 79.3 Å². The number of nitrogens with zero attached hydrogens (tertiary/aromatic N) is 3. The molecule has 0 aliphatic heterocycles. The highest BCUT2D eigenvalue weighted by Gasteiger charge is 2.23. The van der Waals surface area contributed by atoms with Crippen LogP contribution in [0, 0.1) is 0 Å². The molecule has 0 spiro atoms. The fourth-order valence-corrected chi connectivity index (χ4v) is 2.23. The van der Waals surface area contributed by atoms with E-state index >= 15 is 0 Å². The molecule has 0 bridgehead atoms. The van der Waals surface area contributed by atoms with Crippen LogP contribution in [0.15, 0.2) is 6.07 Å². The minimum Gasteiger partial charge on any atom is -0.333 e. The molecule has 1 heterocycles. The van der Waals surface area contributed by atoms with Crippen molar-refractivity contribution < 1.29 is 9.59 Å². The Morgan fingerprint density at radius 3 is 2.24 bits per heavy atom. The Labute approximate surface area is 151 Å². The summed E-state index contributed by atoms with van der Waals surface area (Å²) in [5, 5.41) is 10.2. The highest BCUT2D eigenvalue weighted by Crippen LogP contribution is 2.23. The number of hydrogen-bond acceptors (Lipinski definition) is 3. The molecule has 0 saturated carbocycles. The predicted molar refractivity (Wildman–Crippen MR) is 101 cm³/mol. The standard InChI is InChI=1S/C18H33N5O2/c1-9-10-23(16(25)20-18(5,6)7)12-15(24)19-14-11-13(17(2,3)4)21-22(14)8/h11H,9-10,12H2,1-8H3,(H,19,24)(H,20,25). The quantitative estimate of drug-likeness (QED) is 0.856. The van der Waals surface area contributed by atoms with Crippen LogP contribution in [0.4, 0.5) is 10.6 Å². The number of rotatable bonds is 5. The summed E-state index contributed by atoms with van der Waals surface area (Å²) in [6, 6.07) is 1.64. The Balaban J connectivity index is 2.79. The highest BCUT2D eigenvalue weighted by atomic mass is 16.2. The van der Waals surface area contributed by atoms with E-state index in [1.54, 1.807) is 11.7 Å². The van der Waals surface area contributed by atoms with Gasteiger partial charge in [-0.3, -0.25) is 9.48 Å². The second kappa shape index (κ2) is 7.89. The second-order valence-electron chi connectivity index (χ2n) is 8.44. The highest BCUT2D eigenvalue weighted by molar-refractivity contribution is 5.93. The maximum Gasteiger partial charge on any atom is 0.318 e. The summed E-state index contributed by atoms with van der Waals surface area (Å²) >= 11 is 0. The van der Waals surface area contributed by atoms with Gasteiger partial charge in [0.15, 0.2) is 0 Å². The van der Waals surface area contributed by atoms with E-state index in [1.165, 1.54) is 4.90 Å². The van der Waals surface area contributed by atoms with E-state index in [0.29, 0.717) is 12.4 Å². The Hall–Kier alpha value is -2.05. The summed E-state index contributed by atoms with van der Waals surface area (Å²) in [5.74, 6) is 0.392. The maximum atomic E-state index is 12.4. The van der Waals surface area contributed by atoms with Crippen molar-refractivity contribution in [2.24, 2.45) is 7.05 Å². The lowest BCUT2D eigenvalue weighted by Gasteiger charge is -2.27. The van der Waals surface area contributed by atoms with E-state index in [0.717, 1.165) is 12.1 Å². The van der Waals surface area contributed by atoms with Crippen molar-refractivity contribution in [3.05, 3.63) is 11.8 Å². The molecule has 0 aliphatic carbocycles. The zero-order chi connectivity index (χ0) is 19.4.